The van der Waals surface area contributed by atoms with Crippen molar-refractivity contribution < 1.29 is 14.3 Å². The Morgan fingerprint density at radius 3 is 2.86 bits per heavy atom. The number of nitrogens with zero attached hydrogens (tertiary/aromatic N) is 2. The van der Waals surface area contributed by atoms with Gasteiger partial charge in [-0.05, 0) is 25.5 Å². The molecular formula is C16H23N3O3. The molecule has 2 N–H and O–H groups in total. The fourth-order valence-corrected chi connectivity index (χ4v) is 2.47. The van der Waals surface area contributed by atoms with Crippen LogP contribution in [0.3, 0.4) is 0 Å². The maximum Gasteiger partial charge on any atom is 0.328 e. The summed E-state index contributed by atoms with van der Waals surface area (Å²) in [6.45, 7) is 4.53. The van der Waals surface area contributed by atoms with Gasteiger partial charge in [0.05, 0.1) is 17.8 Å². The average Bonchev–Trinajstić information content (AvgIpc) is 2.86. The lowest BCUT2D eigenvalue weighted by molar-refractivity contribution is -0.148. The summed E-state index contributed by atoms with van der Waals surface area (Å²) >= 11 is 0. The van der Waals surface area contributed by atoms with Gasteiger partial charge in [-0.15, -0.1) is 0 Å². The first-order chi connectivity index (χ1) is 10.6. The quantitative estimate of drug-likeness (QED) is 0.482. The molecular weight excluding hydrogens is 282 g/mol. The van der Waals surface area contributed by atoms with Gasteiger partial charge in [-0.25, -0.2) is 9.78 Å². The van der Waals surface area contributed by atoms with Crippen molar-refractivity contribution in [3.63, 3.8) is 0 Å². The molecule has 2 rings (SSSR count). The maximum atomic E-state index is 12.2. The molecule has 22 heavy (non-hydrogen) atoms. The Kier molecular flexibility index (Phi) is 5.38. The number of methoxy groups -OCH3 is 1. The van der Waals surface area contributed by atoms with Gasteiger partial charge in [0.1, 0.15) is 24.0 Å². The Bertz CT molecular complexity index is 651. The van der Waals surface area contributed by atoms with Crippen LogP contribution < -0.4 is 5.73 Å². The maximum absolute atomic E-state index is 12.2. The van der Waals surface area contributed by atoms with Crippen LogP contribution in [0.15, 0.2) is 18.2 Å². The molecule has 120 valence electrons. The van der Waals surface area contributed by atoms with Crippen LogP contribution in [0.5, 0.6) is 0 Å². The van der Waals surface area contributed by atoms with E-state index < -0.39 is 6.04 Å². The molecule has 1 unspecified atom stereocenters. The van der Waals surface area contributed by atoms with E-state index in [2.05, 4.69) is 11.9 Å². The van der Waals surface area contributed by atoms with Gasteiger partial charge < -0.3 is 19.8 Å². The molecule has 0 aliphatic carbocycles. The highest BCUT2D eigenvalue weighted by molar-refractivity contribution is 5.89. The third-order valence-electron chi connectivity index (χ3n) is 3.56. The summed E-state index contributed by atoms with van der Waals surface area (Å²) in [5.41, 5.74) is 8.22. The van der Waals surface area contributed by atoms with E-state index in [0.717, 1.165) is 29.7 Å². The first-order valence-electron chi connectivity index (χ1n) is 7.51. The fourth-order valence-electron chi connectivity index (χ4n) is 2.47. The molecule has 0 aliphatic rings. The number of benzene rings is 1. The molecule has 1 atom stereocenters. The van der Waals surface area contributed by atoms with Crippen LogP contribution in [0.25, 0.3) is 11.0 Å². The lowest BCUT2D eigenvalue weighted by Crippen LogP contribution is -2.22. The van der Waals surface area contributed by atoms with Gasteiger partial charge in [0, 0.05) is 13.5 Å². The number of imidazole rings is 1. The molecule has 0 radical (unpaired) electrons. The molecule has 2 aromatic rings. The number of hydrogen-bond donors (Lipinski definition) is 1. The number of anilines is 1. The van der Waals surface area contributed by atoms with Gasteiger partial charge >= 0.3 is 5.97 Å². The highest BCUT2D eigenvalue weighted by atomic mass is 16.6. The topological polar surface area (TPSA) is 79.4 Å². The molecule has 0 fully saturated rings. The number of carbonyl (C=O) groups excluding carboxylic acids is 1. The summed E-state index contributed by atoms with van der Waals surface area (Å²) in [5.74, 6) is 0.558. The molecule has 1 aromatic heterocycles. The minimum atomic E-state index is -0.454. The molecule has 0 amide bonds. The van der Waals surface area contributed by atoms with Gasteiger partial charge in [0.25, 0.3) is 0 Å². The Balaban J connectivity index is 2.37. The first kappa shape index (κ1) is 16.3. The highest BCUT2D eigenvalue weighted by Crippen LogP contribution is 2.26. The number of rotatable bonds is 7. The van der Waals surface area contributed by atoms with Gasteiger partial charge in [0.2, 0.25) is 0 Å². The number of nitrogens with two attached hydrogens (primary N) is 1. The summed E-state index contributed by atoms with van der Waals surface area (Å²) < 4.78 is 12.1. The number of nitrogen functional groups attached to an aromatic ring is 1. The van der Waals surface area contributed by atoms with Crippen molar-refractivity contribution in [3.05, 3.63) is 24.0 Å². The van der Waals surface area contributed by atoms with Gasteiger partial charge in [0.15, 0.2) is 0 Å². The summed E-state index contributed by atoms with van der Waals surface area (Å²) in [5, 5.41) is 0. The van der Waals surface area contributed by atoms with Crippen molar-refractivity contribution in [1.82, 2.24) is 9.55 Å². The van der Waals surface area contributed by atoms with E-state index in [9.17, 15) is 4.79 Å². The molecule has 0 spiro atoms. The van der Waals surface area contributed by atoms with Crippen LogP contribution in [-0.4, -0.2) is 35.8 Å². The largest absolute Gasteiger partial charge is 0.462 e. The second kappa shape index (κ2) is 7.26. The van der Waals surface area contributed by atoms with E-state index >= 15 is 0 Å². The summed E-state index contributed by atoms with van der Waals surface area (Å²) in [6, 6.07) is 5.16. The van der Waals surface area contributed by atoms with Crippen molar-refractivity contribution in [2.45, 2.75) is 32.7 Å². The van der Waals surface area contributed by atoms with Crippen LogP contribution in [0.1, 0.15) is 32.1 Å². The van der Waals surface area contributed by atoms with E-state index in [4.69, 9.17) is 15.2 Å². The number of fused-ring (bicyclic) bond motifs is 1. The molecule has 0 bridgehead atoms. The fraction of sp³-hybridized carbons (Fsp3) is 0.500. The van der Waals surface area contributed by atoms with Crippen molar-refractivity contribution in [1.29, 1.82) is 0 Å². The van der Waals surface area contributed by atoms with Gasteiger partial charge in [-0.2, -0.15) is 0 Å². The number of hydrogen-bond acceptors (Lipinski definition) is 5. The van der Waals surface area contributed by atoms with Crippen molar-refractivity contribution >= 4 is 22.7 Å². The third kappa shape index (κ3) is 3.22. The SMILES string of the molecule is CCCc1nc2c(N)cccc2n1C(C)C(=O)OCCOC. The molecule has 6 nitrogen and oxygen atoms in total. The van der Waals surface area contributed by atoms with Crippen LogP contribution in [-0.2, 0) is 20.7 Å². The lowest BCUT2D eigenvalue weighted by atomic mass is 10.2. The molecule has 0 saturated carbocycles. The second-order valence-electron chi connectivity index (χ2n) is 5.20. The molecule has 0 saturated heterocycles. The number of aromatic nitrogens is 2. The number of esters is 1. The molecule has 6 heteroatoms. The van der Waals surface area contributed by atoms with Gasteiger partial charge in [-0.1, -0.05) is 13.0 Å². The monoisotopic (exact) mass is 305 g/mol. The zero-order valence-electron chi connectivity index (χ0n) is 13.3. The van der Waals surface area contributed by atoms with E-state index in [1.165, 1.54) is 0 Å². The first-order valence-corrected chi connectivity index (χ1v) is 7.51. The Morgan fingerprint density at radius 1 is 1.41 bits per heavy atom. The summed E-state index contributed by atoms with van der Waals surface area (Å²) in [6.07, 6.45) is 1.72. The number of carbonyl (C=O) groups is 1. The smallest absolute Gasteiger partial charge is 0.328 e. The molecule has 1 aromatic carbocycles. The Morgan fingerprint density at radius 2 is 2.18 bits per heavy atom. The van der Waals surface area contributed by atoms with E-state index in [1.807, 2.05) is 29.7 Å². The van der Waals surface area contributed by atoms with Crippen LogP contribution in [0, 0.1) is 0 Å². The van der Waals surface area contributed by atoms with E-state index in [-0.39, 0.29) is 12.6 Å². The summed E-state index contributed by atoms with van der Waals surface area (Å²) in [4.78, 5) is 16.9. The minimum Gasteiger partial charge on any atom is -0.462 e. The third-order valence-corrected chi connectivity index (χ3v) is 3.56. The van der Waals surface area contributed by atoms with E-state index in [0.29, 0.717) is 12.3 Å². The minimum absolute atomic E-state index is 0.248. The average molecular weight is 305 g/mol. The zero-order valence-corrected chi connectivity index (χ0v) is 13.3. The predicted molar refractivity (Wildman–Crippen MR) is 85.7 cm³/mol. The number of ether oxygens (including phenoxy) is 2. The standard InChI is InChI=1S/C16H23N3O3/c1-4-6-14-18-15-12(17)7-5-8-13(15)19(14)11(2)16(20)22-10-9-21-3/h5,7-8,11H,4,6,9-10,17H2,1-3H3. The second-order valence-corrected chi connectivity index (χ2v) is 5.20. The van der Waals surface area contributed by atoms with Crippen molar-refractivity contribution in [2.75, 3.05) is 26.1 Å². The number of para-hydroxylation sites is 1. The van der Waals surface area contributed by atoms with Crippen LogP contribution >= 0.6 is 0 Å². The van der Waals surface area contributed by atoms with Crippen molar-refractivity contribution in [3.8, 4) is 0 Å². The molecule has 1 heterocycles. The predicted octanol–water partition coefficient (Wildman–Crippen LogP) is 2.32. The number of aryl methyl sites for hydroxylation is 1. The van der Waals surface area contributed by atoms with Crippen LogP contribution in [0.4, 0.5) is 5.69 Å². The zero-order chi connectivity index (χ0) is 16.1. The Hall–Kier alpha value is -2.08. The Labute approximate surface area is 130 Å². The van der Waals surface area contributed by atoms with E-state index in [1.54, 1.807) is 7.11 Å². The highest BCUT2D eigenvalue weighted by Gasteiger charge is 2.23. The summed E-state index contributed by atoms with van der Waals surface area (Å²) in [7, 11) is 1.57. The normalized spacial score (nSPS) is 12.5. The van der Waals surface area contributed by atoms with Gasteiger partial charge in [-0.3, -0.25) is 0 Å². The lowest BCUT2D eigenvalue weighted by Gasteiger charge is -2.16. The van der Waals surface area contributed by atoms with Crippen molar-refractivity contribution in [2.24, 2.45) is 0 Å². The molecule has 0 aliphatic heterocycles. The van der Waals surface area contributed by atoms with Crippen LogP contribution in [0.2, 0.25) is 0 Å².